The van der Waals surface area contributed by atoms with Gasteiger partial charge in [-0.25, -0.2) is 0 Å². The maximum atomic E-state index is 12.2. The molecule has 1 saturated heterocycles. The molecule has 1 aromatic rings. The Morgan fingerprint density at radius 1 is 1.00 bits per heavy atom. The minimum atomic E-state index is -4.09. The predicted molar refractivity (Wildman–Crippen MR) is 65.9 cm³/mol. The summed E-state index contributed by atoms with van der Waals surface area (Å²) in [5.74, 6) is 0. The second-order valence-corrected chi connectivity index (χ2v) is 4.71. The summed E-state index contributed by atoms with van der Waals surface area (Å²) in [6.07, 6.45) is -4.09. The van der Waals surface area contributed by atoms with E-state index in [0.717, 1.165) is 5.69 Å². The van der Waals surface area contributed by atoms with Gasteiger partial charge in [-0.1, -0.05) is 17.7 Å². The van der Waals surface area contributed by atoms with E-state index in [1.165, 1.54) is 10.5 Å². The number of benzene rings is 1. The van der Waals surface area contributed by atoms with Crippen LogP contribution >= 0.6 is 0 Å². The van der Waals surface area contributed by atoms with Gasteiger partial charge in [-0.05, 0) is 19.1 Å². The highest BCUT2D eigenvalue weighted by molar-refractivity contribution is 5.47. The maximum absolute atomic E-state index is 12.2. The monoisotopic (exact) mass is 258 g/mol. The second-order valence-electron chi connectivity index (χ2n) is 4.71. The highest BCUT2D eigenvalue weighted by atomic mass is 19.4. The molecular formula is C13H17F3N2. The molecule has 0 unspecified atom stereocenters. The molecule has 0 radical (unpaired) electrons. The smallest absolute Gasteiger partial charge is 0.369 e. The molecule has 5 heteroatoms. The van der Waals surface area contributed by atoms with Crippen molar-refractivity contribution in [3.05, 3.63) is 29.8 Å². The molecule has 1 aromatic carbocycles. The van der Waals surface area contributed by atoms with Gasteiger partial charge in [0, 0.05) is 31.9 Å². The van der Waals surface area contributed by atoms with Crippen molar-refractivity contribution < 1.29 is 13.2 Å². The van der Waals surface area contributed by atoms with Crippen molar-refractivity contribution in [2.45, 2.75) is 13.1 Å². The lowest BCUT2D eigenvalue weighted by atomic mass is 10.2. The van der Waals surface area contributed by atoms with Gasteiger partial charge in [0.05, 0.1) is 6.54 Å². The van der Waals surface area contributed by atoms with Gasteiger partial charge in [-0.3, -0.25) is 4.90 Å². The molecule has 0 atom stereocenters. The van der Waals surface area contributed by atoms with Crippen LogP contribution in [0.25, 0.3) is 0 Å². The Balaban J connectivity index is 1.88. The van der Waals surface area contributed by atoms with Crippen molar-refractivity contribution >= 4 is 5.69 Å². The number of rotatable bonds is 2. The highest BCUT2D eigenvalue weighted by Crippen LogP contribution is 2.20. The lowest BCUT2D eigenvalue weighted by Gasteiger charge is -2.36. The van der Waals surface area contributed by atoms with Crippen molar-refractivity contribution in [2.75, 3.05) is 37.6 Å². The van der Waals surface area contributed by atoms with Gasteiger partial charge in [-0.15, -0.1) is 0 Å². The maximum Gasteiger partial charge on any atom is 0.401 e. The van der Waals surface area contributed by atoms with Crippen molar-refractivity contribution in [3.8, 4) is 0 Å². The third-order valence-electron chi connectivity index (χ3n) is 3.17. The van der Waals surface area contributed by atoms with E-state index >= 15 is 0 Å². The van der Waals surface area contributed by atoms with Crippen LogP contribution in [0.4, 0.5) is 18.9 Å². The van der Waals surface area contributed by atoms with E-state index in [1.807, 2.05) is 31.2 Å². The van der Waals surface area contributed by atoms with Crippen molar-refractivity contribution in [1.29, 1.82) is 0 Å². The highest BCUT2D eigenvalue weighted by Gasteiger charge is 2.32. The van der Waals surface area contributed by atoms with Crippen LogP contribution in [0.2, 0.25) is 0 Å². The minimum Gasteiger partial charge on any atom is -0.369 e. The molecule has 0 amide bonds. The van der Waals surface area contributed by atoms with Gasteiger partial charge in [-0.2, -0.15) is 13.2 Å². The summed E-state index contributed by atoms with van der Waals surface area (Å²) in [6.45, 7) is 3.46. The van der Waals surface area contributed by atoms with Crippen molar-refractivity contribution in [2.24, 2.45) is 0 Å². The van der Waals surface area contributed by atoms with Crippen molar-refractivity contribution in [1.82, 2.24) is 4.90 Å². The Labute approximate surface area is 105 Å². The number of anilines is 1. The van der Waals surface area contributed by atoms with Gasteiger partial charge in [0.2, 0.25) is 0 Å². The molecule has 18 heavy (non-hydrogen) atoms. The molecule has 2 rings (SSSR count). The quantitative estimate of drug-likeness (QED) is 0.804. The molecule has 2 nitrogen and oxygen atoms in total. The zero-order valence-electron chi connectivity index (χ0n) is 10.4. The minimum absolute atomic E-state index is 0.466. The Morgan fingerprint density at radius 3 is 2.06 bits per heavy atom. The average molecular weight is 258 g/mol. The largest absolute Gasteiger partial charge is 0.401 e. The molecule has 0 aromatic heterocycles. The molecule has 0 bridgehead atoms. The first-order chi connectivity index (χ1) is 8.44. The molecule has 100 valence electrons. The van der Waals surface area contributed by atoms with Gasteiger partial charge < -0.3 is 4.90 Å². The lowest BCUT2D eigenvalue weighted by Crippen LogP contribution is -2.49. The summed E-state index contributed by atoms with van der Waals surface area (Å²) < 4.78 is 36.7. The molecule has 0 saturated carbocycles. The lowest BCUT2D eigenvalue weighted by molar-refractivity contribution is -0.146. The zero-order chi connectivity index (χ0) is 13.2. The predicted octanol–water partition coefficient (Wildman–Crippen LogP) is 2.68. The number of piperazine rings is 1. The normalized spacial score (nSPS) is 18.1. The van der Waals surface area contributed by atoms with E-state index < -0.39 is 12.7 Å². The molecule has 1 aliphatic rings. The third kappa shape index (κ3) is 3.63. The first-order valence-electron chi connectivity index (χ1n) is 6.05. The first kappa shape index (κ1) is 13.2. The fourth-order valence-corrected chi connectivity index (χ4v) is 2.17. The molecule has 0 spiro atoms. The Hall–Kier alpha value is -1.23. The number of nitrogens with zero attached hydrogens (tertiary/aromatic N) is 2. The molecule has 0 N–H and O–H groups in total. The topological polar surface area (TPSA) is 6.48 Å². The van der Waals surface area contributed by atoms with Gasteiger partial charge in [0.15, 0.2) is 0 Å². The number of halogens is 3. The van der Waals surface area contributed by atoms with E-state index in [-0.39, 0.29) is 0 Å². The van der Waals surface area contributed by atoms with Gasteiger partial charge in [0.1, 0.15) is 0 Å². The van der Waals surface area contributed by atoms with Crippen LogP contribution in [0.15, 0.2) is 24.3 Å². The molecule has 1 aliphatic heterocycles. The van der Waals surface area contributed by atoms with Crippen LogP contribution in [0.3, 0.4) is 0 Å². The fraction of sp³-hybridized carbons (Fsp3) is 0.538. The van der Waals surface area contributed by atoms with Crippen LogP contribution in [0.5, 0.6) is 0 Å². The summed E-state index contributed by atoms with van der Waals surface area (Å²) in [5.41, 5.74) is 2.28. The fourth-order valence-electron chi connectivity index (χ4n) is 2.17. The van der Waals surface area contributed by atoms with E-state index in [4.69, 9.17) is 0 Å². The van der Waals surface area contributed by atoms with Crippen LogP contribution in [-0.2, 0) is 0 Å². The Kier molecular flexibility index (Phi) is 3.80. The number of hydrogen-bond acceptors (Lipinski definition) is 2. The standard InChI is InChI=1S/C13H17F3N2/c1-11-2-4-12(5-3-11)18-8-6-17(7-9-18)10-13(14,15)16/h2-5H,6-10H2,1H3. The summed E-state index contributed by atoms with van der Waals surface area (Å²) in [4.78, 5) is 3.59. The molecular weight excluding hydrogens is 241 g/mol. The Morgan fingerprint density at radius 2 is 1.56 bits per heavy atom. The van der Waals surface area contributed by atoms with E-state index in [0.29, 0.717) is 26.2 Å². The summed E-state index contributed by atoms with van der Waals surface area (Å²) >= 11 is 0. The molecule has 0 aliphatic carbocycles. The van der Waals surface area contributed by atoms with Crippen molar-refractivity contribution in [3.63, 3.8) is 0 Å². The second kappa shape index (κ2) is 5.18. The number of aryl methyl sites for hydroxylation is 1. The van der Waals surface area contributed by atoms with Crippen LogP contribution < -0.4 is 4.90 Å². The zero-order valence-corrected chi connectivity index (χ0v) is 10.4. The summed E-state index contributed by atoms with van der Waals surface area (Å²) in [6, 6.07) is 8.10. The van der Waals surface area contributed by atoms with Crippen LogP contribution in [0, 0.1) is 6.92 Å². The van der Waals surface area contributed by atoms with Gasteiger partial charge >= 0.3 is 6.18 Å². The summed E-state index contributed by atoms with van der Waals surface area (Å²) in [5, 5.41) is 0. The number of alkyl halides is 3. The summed E-state index contributed by atoms with van der Waals surface area (Å²) in [7, 11) is 0. The molecule has 1 fully saturated rings. The molecule has 1 heterocycles. The van der Waals surface area contributed by atoms with E-state index in [1.54, 1.807) is 0 Å². The average Bonchev–Trinajstić information content (AvgIpc) is 2.29. The van der Waals surface area contributed by atoms with Gasteiger partial charge in [0.25, 0.3) is 0 Å². The van der Waals surface area contributed by atoms with E-state index in [2.05, 4.69) is 4.90 Å². The van der Waals surface area contributed by atoms with E-state index in [9.17, 15) is 13.2 Å². The number of hydrogen-bond donors (Lipinski definition) is 0. The van der Waals surface area contributed by atoms with Crippen LogP contribution in [-0.4, -0.2) is 43.8 Å². The van der Waals surface area contributed by atoms with Crippen LogP contribution in [0.1, 0.15) is 5.56 Å². The third-order valence-corrected chi connectivity index (χ3v) is 3.17. The first-order valence-corrected chi connectivity index (χ1v) is 6.05. The SMILES string of the molecule is Cc1ccc(N2CCN(CC(F)(F)F)CC2)cc1. The Bertz CT molecular complexity index is 378.